The summed E-state index contributed by atoms with van der Waals surface area (Å²) in [6.07, 6.45) is 12.0. The van der Waals surface area contributed by atoms with E-state index in [1.165, 1.54) is 0 Å². The van der Waals surface area contributed by atoms with Gasteiger partial charge in [0.25, 0.3) is 0 Å². The average molecular weight is 616 g/mol. The molecule has 2 N–H and O–H groups in total. The number of rotatable bonds is 6. The third-order valence-electron chi connectivity index (χ3n) is 9.34. The molecule has 1 saturated heterocycles. The van der Waals surface area contributed by atoms with E-state index in [0.717, 1.165) is 61.2 Å². The van der Waals surface area contributed by atoms with Crippen molar-refractivity contribution in [2.75, 3.05) is 0 Å². The molecule has 1 aliphatic carbocycles. The molecular formula is C34H32FeN4O4. The van der Waals surface area contributed by atoms with Crippen molar-refractivity contribution in [1.29, 1.82) is 0 Å². The van der Waals surface area contributed by atoms with Crippen LogP contribution in [0.1, 0.15) is 75.9 Å². The van der Waals surface area contributed by atoms with Gasteiger partial charge in [0.1, 0.15) is 0 Å². The van der Waals surface area contributed by atoms with Crippen LogP contribution in [0.2, 0.25) is 0 Å². The summed E-state index contributed by atoms with van der Waals surface area (Å²) in [5, 5.41) is 26.0. The van der Waals surface area contributed by atoms with Crippen molar-refractivity contribution < 1.29 is 36.9 Å². The fourth-order valence-corrected chi connectivity index (χ4v) is 6.69. The Balaban J connectivity index is 0.00000368. The Labute approximate surface area is 260 Å². The van der Waals surface area contributed by atoms with Gasteiger partial charge in [-0.3, -0.25) is 9.59 Å². The zero-order valence-corrected chi connectivity index (χ0v) is 25.6. The van der Waals surface area contributed by atoms with Gasteiger partial charge in [0, 0.05) is 6.42 Å². The van der Waals surface area contributed by atoms with Crippen LogP contribution in [0.25, 0.3) is 41.8 Å². The van der Waals surface area contributed by atoms with Gasteiger partial charge < -0.3 is 30.5 Å². The van der Waals surface area contributed by atoms with Crippen LogP contribution in [0.4, 0.5) is 0 Å². The predicted molar refractivity (Wildman–Crippen MR) is 163 cm³/mol. The monoisotopic (exact) mass is 616 g/mol. The van der Waals surface area contributed by atoms with Gasteiger partial charge in [0.15, 0.2) is 0 Å². The van der Waals surface area contributed by atoms with Gasteiger partial charge in [-0.25, -0.2) is 0 Å². The molecule has 5 heterocycles. The fourth-order valence-electron chi connectivity index (χ4n) is 6.69. The molecule has 3 aliphatic rings. The second-order valence-electron chi connectivity index (χ2n) is 11.5. The summed E-state index contributed by atoms with van der Waals surface area (Å²) in [6.45, 7) is 16.0. The molecule has 1 saturated carbocycles. The van der Waals surface area contributed by atoms with Crippen LogP contribution < -0.4 is 25.7 Å². The first kappa shape index (κ1) is 30.3. The minimum absolute atomic E-state index is 0. The average Bonchev–Trinajstić information content (AvgIpc) is 3.32. The predicted octanol–water partition coefficient (Wildman–Crippen LogP) is 4.25. The SMILES string of the molecule is C=Cc1c2[n-]c(c1C)/C=c1\[n-]/c(c(C)c1C=C)=C\c1[n-]c(c(CCC(=O)O)c1C)/C=C1\[N-]/C(=C\2)C(C)[C@@]12CC2C(=O)O.[Fe+4]. The molecule has 0 aromatic carbocycles. The van der Waals surface area contributed by atoms with E-state index in [2.05, 4.69) is 13.2 Å². The maximum atomic E-state index is 12.2. The summed E-state index contributed by atoms with van der Waals surface area (Å²) < 4.78 is 0. The molecule has 8 bridgehead atoms. The Morgan fingerprint density at radius 2 is 1.53 bits per heavy atom. The Bertz CT molecular complexity index is 1900. The topological polar surface area (TPSA) is 131 Å². The van der Waals surface area contributed by atoms with Gasteiger partial charge >= 0.3 is 29.0 Å². The minimum atomic E-state index is -0.897. The number of nitrogens with zero attached hydrogens (tertiary/aromatic N) is 4. The number of hydrogen-bond acceptors (Lipinski definition) is 2. The quantitative estimate of drug-likeness (QED) is 0.396. The van der Waals surface area contributed by atoms with Crippen LogP contribution >= 0.6 is 0 Å². The molecule has 3 aromatic heterocycles. The molecule has 2 aliphatic heterocycles. The molecule has 3 aromatic rings. The van der Waals surface area contributed by atoms with Crippen molar-refractivity contribution in [2.45, 2.75) is 47.0 Å². The van der Waals surface area contributed by atoms with Crippen molar-refractivity contribution in [3.63, 3.8) is 0 Å². The van der Waals surface area contributed by atoms with Crippen LogP contribution in [0, 0.1) is 38.0 Å². The standard InChI is InChI=1S/C34H32N4O4.Fe/c1-7-20-16(3)24-11-25-18(5)22(9-10-32(39)40)30(37-25)14-31-34(15-23(34)33(41)42)19(6)27(38-31)13-29-21(8-2)17(4)26(36-29)12-28(20)35-24;/h7-8,11-14,19,23H,1-2,9-10,15H2,3-6H3,(H,39,40)(H,41,42);/q-4;+4/b24-11-,27-13-,28-12-,31-14-;/t19?,23?,34-;/m1./s1. The molecule has 0 radical (unpaired) electrons. The third-order valence-corrected chi connectivity index (χ3v) is 9.34. The fraction of sp³-hybridized carbons (Fsp3) is 0.294. The molecule has 8 nitrogen and oxygen atoms in total. The number of aliphatic carboxylic acids is 2. The smallest absolute Gasteiger partial charge is 0.664 e. The molecule has 3 atom stereocenters. The normalized spacial score (nSPS) is 25.5. The van der Waals surface area contributed by atoms with Gasteiger partial charge in [0.05, 0.1) is 5.92 Å². The molecule has 6 rings (SSSR count). The summed E-state index contributed by atoms with van der Waals surface area (Å²) in [6, 6.07) is 0. The first-order chi connectivity index (χ1) is 20.0. The van der Waals surface area contributed by atoms with Crippen molar-refractivity contribution in [3.8, 4) is 0 Å². The van der Waals surface area contributed by atoms with Crippen molar-refractivity contribution in [1.82, 2.24) is 15.0 Å². The molecule has 2 unspecified atom stereocenters. The molecule has 2 fully saturated rings. The number of carbonyl (C=O) groups is 2. The Kier molecular flexibility index (Phi) is 7.61. The molecule has 0 amide bonds. The van der Waals surface area contributed by atoms with Crippen molar-refractivity contribution in [2.24, 2.45) is 17.3 Å². The first-order valence-electron chi connectivity index (χ1n) is 14.0. The maximum Gasteiger partial charge on any atom is 4.00 e. The van der Waals surface area contributed by atoms with E-state index in [9.17, 15) is 19.8 Å². The van der Waals surface area contributed by atoms with E-state index in [1.807, 2.05) is 52.0 Å². The van der Waals surface area contributed by atoms with E-state index in [1.54, 1.807) is 12.2 Å². The van der Waals surface area contributed by atoms with Crippen molar-refractivity contribution in [3.05, 3.63) is 96.7 Å². The van der Waals surface area contributed by atoms with E-state index >= 15 is 0 Å². The summed E-state index contributed by atoms with van der Waals surface area (Å²) in [5.74, 6) is -2.48. The maximum absolute atomic E-state index is 12.2. The van der Waals surface area contributed by atoms with Crippen LogP contribution in [0.3, 0.4) is 0 Å². The minimum Gasteiger partial charge on any atom is -0.664 e. The van der Waals surface area contributed by atoms with Gasteiger partial charge in [0.2, 0.25) is 0 Å². The summed E-state index contributed by atoms with van der Waals surface area (Å²) in [5.41, 5.74) is 8.95. The van der Waals surface area contributed by atoms with Gasteiger partial charge in [-0.05, 0) is 56.1 Å². The Morgan fingerprint density at radius 3 is 2.16 bits per heavy atom. The number of fused-ring (bicyclic) bond motifs is 9. The number of aromatic nitrogens is 3. The van der Waals surface area contributed by atoms with Crippen LogP contribution in [0.15, 0.2) is 24.6 Å². The van der Waals surface area contributed by atoms with E-state index < -0.39 is 23.3 Å². The summed E-state index contributed by atoms with van der Waals surface area (Å²) in [4.78, 5) is 38.6. The van der Waals surface area contributed by atoms with E-state index in [0.29, 0.717) is 29.9 Å². The second kappa shape index (κ2) is 10.8. The summed E-state index contributed by atoms with van der Waals surface area (Å²) in [7, 11) is 0. The third kappa shape index (κ3) is 4.67. The van der Waals surface area contributed by atoms with Crippen molar-refractivity contribution >= 4 is 48.4 Å². The first-order valence-corrected chi connectivity index (χ1v) is 14.0. The molecule has 220 valence electrons. The van der Waals surface area contributed by atoms with E-state index in [-0.39, 0.29) is 29.4 Å². The number of carboxylic acids is 2. The number of carboxylic acid groups (broad SMARTS) is 2. The molecule has 43 heavy (non-hydrogen) atoms. The number of allylic oxidation sites excluding steroid dienone is 2. The van der Waals surface area contributed by atoms with Gasteiger partial charge in [-0.1, -0.05) is 78.8 Å². The van der Waals surface area contributed by atoms with Crippen LogP contribution in [-0.4, -0.2) is 22.2 Å². The Morgan fingerprint density at radius 1 is 0.884 bits per heavy atom. The molecular weight excluding hydrogens is 584 g/mol. The van der Waals surface area contributed by atoms with Gasteiger partial charge in [-0.2, -0.15) is 11.4 Å². The number of hydrogen-bond donors (Lipinski definition) is 2. The zero-order chi connectivity index (χ0) is 30.1. The largest absolute Gasteiger partial charge is 4.00 e. The van der Waals surface area contributed by atoms with E-state index in [4.69, 9.17) is 20.3 Å². The van der Waals surface area contributed by atoms with Crippen LogP contribution in [-0.2, 0) is 33.1 Å². The molecule has 9 heteroatoms. The van der Waals surface area contributed by atoms with Gasteiger partial charge in [-0.15, -0.1) is 33.5 Å². The molecule has 1 spiro atoms. The Hall–Kier alpha value is -4.20. The zero-order valence-electron chi connectivity index (χ0n) is 24.5. The van der Waals surface area contributed by atoms with Crippen LogP contribution in [0.5, 0.6) is 0 Å². The second-order valence-corrected chi connectivity index (χ2v) is 11.5. The summed E-state index contributed by atoms with van der Waals surface area (Å²) >= 11 is 0.